The highest BCUT2D eigenvalue weighted by molar-refractivity contribution is 6.30. The number of allylic oxidation sites excluding steroid dienone is 1. The molecular formula is C16H11Cl. The summed E-state index contributed by atoms with van der Waals surface area (Å²) >= 11 is 6.06. The summed E-state index contributed by atoms with van der Waals surface area (Å²) in [7, 11) is 0. The number of halogens is 1. The van der Waals surface area contributed by atoms with Gasteiger partial charge in [-0.3, -0.25) is 0 Å². The average Bonchev–Trinajstić information content (AvgIpc) is 2.83. The Kier molecular flexibility index (Phi) is 1.81. The highest BCUT2D eigenvalue weighted by Crippen LogP contribution is 2.45. The van der Waals surface area contributed by atoms with Gasteiger partial charge in [-0.2, -0.15) is 0 Å². The monoisotopic (exact) mass is 238 g/mol. The molecule has 0 N–H and O–H groups in total. The maximum absolute atomic E-state index is 6.06. The first-order chi connectivity index (χ1) is 8.33. The van der Waals surface area contributed by atoms with Crippen LogP contribution in [0.1, 0.15) is 22.3 Å². The van der Waals surface area contributed by atoms with Crippen molar-refractivity contribution < 1.29 is 0 Å². The fourth-order valence-electron chi connectivity index (χ4n) is 3.10. The molecule has 0 aliphatic heterocycles. The predicted molar refractivity (Wildman–Crippen MR) is 71.3 cm³/mol. The normalized spacial score (nSPS) is 15.8. The van der Waals surface area contributed by atoms with Crippen LogP contribution in [0.4, 0.5) is 0 Å². The second kappa shape index (κ2) is 3.24. The molecule has 0 spiro atoms. The van der Waals surface area contributed by atoms with Crippen molar-refractivity contribution in [2.75, 3.05) is 0 Å². The largest absolute Gasteiger partial charge is 0.0843 e. The SMILES string of the molecule is Clc1ccc2c(c1)CC1=C2c2ccccc2C1. The van der Waals surface area contributed by atoms with E-state index < -0.39 is 0 Å². The molecule has 0 nitrogen and oxygen atoms in total. The molecule has 0 heterocycles. The lowest BCUT2D eigenvalue weighted by atomic mass is 9.98. The van der Waals surface area contributed by atoms with Gasteiger partial charge in [-0.1, -0.05) is 47.5 Å². The van der Waals surface area contributed by atoms with Crippen LogP contribution in [0.3, 0.4) is 0 Å². The fraction of sp³-hybridized carbons (Fsp3) is 0.125. The summed E-state index contributed by atoms with van der Waals surface area (Å²) in [5.41, 5.74) is 8.68. The molecule has 0 aromatic heterocycles. The lowest BCUT2D eigenvalue weighted by Gasteiger charge is -2.07. The van der Waals surface area contributed by atoms with Gasteiger partial charge < -0.3 is 0 Å². The highest BCUT2D eigenvalue weighted by atomic mass is 35.5. The first-order valence-electron chi connectivity index (χ1n) is 5.92. The summed E-state index contributed by atoms with van der Waals surface area (Å²) < 4.78 is 0. The van der Waals surface area contributed by atoms with Gasteiger partial charge in [0, 0.05) is 5.02 Å². The summed E-state index contributed by atoms with van der Waals surface area (Å²) in [6, 6.07) is 15.0. The van der Waals surface area contributed by atoms with Crippen molar-refractivity contribution in [3.05, 3.63) is 75.3 Å². The molecule has 2 aliphatic rings. The summed E-state index contributed by atoms with van der Waals surface area (Å²) in [5.74, 6) is 0. The second-order valence-corrected chi connectivity index (χ2v) is 5.23. The maximum atomic E-state index is 6.06. The number of fused-ring (bicyclic) bond motifs is 4. The zero-order valence-corrected chi connectivity index (χ0v) is 10.1. The van der Waals surface area contributed by atoms with E-state index in [4.69, 9.17) is 11.6 Å². The van der Waals surface area contributed by atoms with Crippen molar-refractivity contribution in [2.45, 2.75) is 12.8 Å². The van der Waals surface area contributed by atoms with Gasteiger partial charge in [0.25, 0.3) is 0 Å². The lowest BCUT2D eigenvalue weighted by molar-refractivity contribution is 1.09. The Morgan fingerprint density at radius 2 is 1.59 bits per heavy atom. The van der Waals surface area contributed by atoms with Crippen molar-refractivity contribution in [1.29, 1.82) is 0 Å². The smallest absolute Gasteiger partial charge is 0.0409 e. The van der Waals surface area contributed by atoms with Crippen molar-refractivity contribution in [3.63, 3.8) is 0 Å². The third kappa shape index (κ3) is 1.25. The van der Waals surface area contributed by atoms with E-state index >= 15 is 0 Å². The van der Waals surface area contributed by atoms with E-state index in [-0.39, 0.29) is 0 Å². The zero-order valence-electron chi connectivity index (χ0n) is 9.33. The van der Waals surface area contributed by atoms with E-state index in [1.54, 1.807) is 5.57 Å². The Morgan fingerprint density at radius 1 is 0.824 bits per heavy atom. The molecule has 1 heteroatoms. The molecule has 0 unspecified atom stereocenters. The van der Waals surface area contributed by atoms with Gasteiger partial charge in [-0.25, -0.2) is 0 Å². The van der Waals surface area contributed by atoms with Crippen LogP contribution in [0.25, 0.3) is 5.57 Å². The summed E-state index contributed by atoms with van der Waals surface area (Å²) in [6.45, 7) is 0. The minimum Gasteiger partial charge on any atom is -0.0843 e. The van der Waals surface area contributed by atoms with Gasteiger partial charge in [0.2, 0.25) is 0 Å². The number of hydrogen-bond donors (Lipinski definition) is 0. The third-order valence-corrected chi connectivity index (χ3v) is 4.02. The summed E-state index contributed by atoms with van der Waals surface area (Å²) in [6.07, 6.45) is 2.18. The Labute approximate surface area is 106 Å². The van der Waals surface area contributed by atoms with Crippen molar-refractivity contribution in [3.8, 4) is 0 Å². The van der Waals surface area contributed by atoms with Crippen LogP contribution in [-0.2, 0) is 12.8 Å². The van der Waals surface area contributed by atoms with Gasteiger partial charge in [0.15, 0.2) is 0 Å². The predicted octanol–water partition coefficient (Wildman–Crippen LogP) is 4.25. The van der Waals surface area contributed by atoms with Gasteiger partial charge in [0.05, 0.1) is 0 Å². The lowest BCUT2D eigenvalue weighted by Crippen LogP contribution is -1.91. The first-order valence-corrected chi connectivity index (χ1v) is 6.30. The van der Waals surface area contributed by atoms with Crippen LogP contribution < -0.4 is 0 Å². The Bertz CT molecular complexity index is 665. The molecule has 0 atom stereocenters. The molecule has 0 radical (unpaired) electrons. The molecule has 0 saturated carbocycles. The van der Waals surface area contributed by atoms with Gasteiger partial charge in [0.1, 0.15) is 0 Å². The molecule has 0 saturated heterocycles. The Morgan fingerprint density at radius 3 is 2.53 bits per heavy atom. The van der Waals surface area contributed by atoms with Crippen LogP contribution in [-0.4, -0.2) is 0 Å². The van der Waals surface area contributed by atoms with E-state index in [0.29, 0.717) is 0 Å². The standard InChI is InChI=1S/C16H11Cl/c17-13-5-6-15-11(9-13)8-12-7-10-3-1-2-4-14(10)16(12)15/h1-6,9H,7-8H2. The molecular weight excluding hydrogens is 228 g/mol. The first kappa shape index (κ1) is 9.49. The van der Waals surface area contributed by atoms with Crippen molar-refractivity contribution in [2.24, 2.45) is 0 Å². The molecule has 2 aromatic carbocycles. The van der Waals surface area contributed by atoms with Crippen LogP contribution >= 0.6 is 11.6 Å². The maximum Gasteiger partial charge on any atom is 0.0409 e. The van der Waals surface area contributed by atoms with Gasteiger partial charge in [-0.15, -0.1) is 0 Å². The topological polar surface area (TPSA) is 0 Å². The summed E-state index contributed by atoms with van der Waals surface area (Å²) in [4.78, 5) is 0. The molecule has 0 bridgehead atoms. The van der Waals surface area contributed by atoms with Crippen LogP contribution in [0.15, 0.2) is 48.0 Å². The number of hydrogen-bond acceptors (Lipinski definition) is 0. The average molecular weight is 239 g/mol. The molecule has 4 rings (SSSR count). The van der Waals surface area contributed by atoms with Crippen LogP contribution in [0, 0.1) is 0 Å². The molecule has 0 fully saturated rings. The molecule has 2 aliphatic carbocycles. The highest BCUT2D eigenvalue weighted by Gasteiger charge is 2.29. The van der Waals surface area contributed by atoms with Gasteiger partial charge in [-0.05, 0) is 52.8 Å². The molecule has 82 valence electrons. The third-order valence-electron chi connectivity index (χ3n) is 3.78. The summed E-state index contributed by atoms with van der Waals surface area (Å²) in [5, 5.41) is 0.846. The minimum absolute atomic E-state index is 0.846. The zero-order chi connectivity index (χ0) is 11.4. The quantitative estimate of drug-likeness (QED) is 0.644. The molecule has 2 aromatic rings. The van der Waals surface area contributed by atoms with Crippen LogP contribution in [0.5, 0.6) is 0 Å². The van der Waals surface area contributed by atoms with Crippen LogP contribution in [0.2, 0.25) is 5.02 Å². The van der Waals surface area contributed by atoms with E-state index in [0.717, 1.165) is 17.9 Å². The van der Waals surface area contributed by atoms with E-state index in [2.05, 4.69) is 36.4 Å². The molecule has 17 heavy (non-hydrogen) atoms. The Balaban J connectivity index is 1.95. The number of benzene rings is 2. The van der Waals surface area contributed by atoms with E-state index in [1.807, 2.05) is 6.07 Å². The van der Waals surface area contributed by atoms with Crippen molar-refractivity contribution >= 4 is 17.2 Å². The molecule has 0 amide bonds. The Hall–Kier alpha value is -1.53. The fourth-order valence-corrected chi connectivity index (χ4v) is 3.29. The second-order valence-electron chi connectivity index (χ2n) is 4.79. The number of rotatable bonds is 0. The van der Waals surface area contributed by atoms with Crippen molar-refractivity contribution in [1.82, 2.24) is 0 Å². The van der Waals surface area contributed by atoms with E-state index in [9.17, 15) is 0 Å². The minimum atomic E-state index is 0.846. The van der Waals surface area contributed by atoms with Gasteiger partial charge >= 0.3 is 0 Å². The van der Waals surface area contributed by atoms with E-state index in [1.165, 1.54) is 27.8 Å².